The average molecular weight is 148 g/mol. The number of aliphatic hydroxyl groups is 1. The summed E-state index contributed by atoms with van der Waals surface area (Å²) in [6.45, 7) is 5.54. The lowest BCUT2D eigenvalue weighted by Gasteiger charge is -2.18. The van der Waals surface area contributed by atoms with Crippen LogP contribution in [0.15, 0.2) is 12.7 Å². The summed E-state index contributed by atoms with van der Waals surface area (Å²) < 4.78 is 4.83. The molecule has 0 heterocycles. The molecule has 0 aromatic rings. The maximum Gasteiger partial charge on any atom is 0.212 e. The van der Waals surface area contributed by atoms with E-state index < -0.39 is 5.12 Å². The molecule has 0 aliphatic rings. The molecule has 0 spiro atoms. The van der Waals surface area contributed by atoms with E-state index in [1.807, 2.05) is 0 Å². The highest BCUT2D eigenvalue weighted by Crippen LogP contribution is 2.15. The summed E-state index contributed by atoms with van der Waals surface area (Å²) in [5.74, 6) is 0. The second kappa shape index (κ2) is 3.93. The van der Waals surface area contributed by atoms with Crippen molar-refractivity contribution in [1.82, 2.24) is 0 Å². The minimum absolute atomic E-state index is 0.327. The molecule has 0 rings (SSSR count). The molecule has 0 aliphatic carbocycles. The third-order valence-corrected chi connectivity index (χ3v) is 1.34. The summed E-state index contributed by atoms with van der Waals surface area (Å²) in [6.07, 6.45) is 2.03. The molecule has 0 aliphatic heterocycles. The molecule has 0 aromatic heterocycles. The number of hydrogen-bond donors (Lipinski definition) is 2. The zero-order chi connectivity index (χ0) is 7.33. The van der Waals surface area contributed by atoms with Crippen LogP contribution in [-0.2, 0) is 4.74 Å². The van der Waals surface area contributed by atoms with Gasteiger partial charge in [-0.25, -0.2) is 0 Å². The highest BCUT2D eigenvalue weighted by Gasteiger charge is 2.17. The number of hydrogen-bond acceptors (Lipinski definition) is 3. The van der Waals surface area contributed by atoms with Gasteiger partial charge in [0.05, 0.1) is 6.61 Å². The Balaban J connectivity index is 3.44. The van der Waals surface area contributed by atoms with Crippen LogP contribution in [0.5, 0.6) is 0 Å². The van der Waals surface area contributed by atoms with Crippen molar-refractivity contribution in [2.45, 2.75) is 18.5 Å². The van der Waals surface area contributed by atoms with Gasteiger partial charge in [-0.1, -0.05) is 13.0 Å². The van der Waals surface area contributed by atoms with E-state index in [0.717, 1.165) is 0 Å². The van der Waals surface area contributed by atoms with Gasteiger partial charge >= 0.3 is 0 Å². The smallest absolute Gasteiger partial charge is 0.212 e. The van der Waals surface area contributed by atoms with Gasteiger partial charge in [0.1, 0.15) is 0 Å². The highest BCUT2D eigenvalue weighted by atomic mass is 32.1. The molecule has 0 radical (unpaired) electrons. The van der Waals surface area contributed by atoms with E-state index >= 15 is 0 Å². The second-order valence-electron chi connectivity index (χ2n) is 1.70. The first-order valence-electron chi connectivity index (χ1n) is 2.82. The van der Waals surface area contributed by atoms with Crippen molar-refractivity contribution in [3.63, 3.8) is 0 Å². The van der Waals surface area contributed by atoms with E-state index in [2.05, 4.69) is 19.2 Å². The lowest BCUT2D eigenvalue weighted by molar-refractivity contribution is -0.120. The minimum atomic E-state index is -1.28. The highest BCUT2D eigenvalue weighted by molar-refractivity contribution is 7.81. The van der Waals surface area contributed by atoms with Crippen molar-refractivity contribution in [1.29, 1.82) is 0 Å². The summed E-state index contributed by atoms with van der Waals surface area (Å²) in [5.41, 5.74) is 0. The second-order valence-corrected chi connectivity index (χ2v) is 2.40. The fraction of sp³-hybridized carbons (Fsp3) is 0.667. The molecule has 0 bridgehead atoms. The van der Waals surface area contributed by atoms with E-state index in [1.165, 1.54) is 0 Å². The maximum absolute atomic E-state index is 9.05. The average Bonchev–Trinajstić information content (AvgIpc) is 1.84. The van der Waals surface area contributed by atoms with Gasteiger partial charge in [-0.3, -0.25) is 0 Å². The van der Waals surface area contributed by atoms with Crippen molar-refractivity contribution in [3.8, 4) is 0 Å². The maximum atomic E-state index is 9.05. The van der Waals surface area contributed by atoms with Crippen LogP contribution in [0.25, 0.3) is 0 Å². The van der Waals surface area contributed by atoms with E-state index in [9.17, 15) is 0 Å². The number of rotatable bonds is 4. The number of ether oxygens (including phenoxy) is 1. The van der Waals surface area contributed by atoms with Crippen LogP contribution in [0, 0.1) is 0 Å². The molecule has 0 aromatic carbocycles. The fourth-order valence-corrected chi connectivity index (χ4v) is 0.369. The van der Waals surface area contributed by atoms with Gasteiger partial charge in [-0.05, 0) is 0 Å². The van der Waals surface area contributed by atoms with Crippen molar-refractivity contribution in [2.75, 3.05) is 6.61 Å². The zero-order valence-corrected chi connectivity index (χ0v) is 6.40. The van der Waals surface area contributed by atoms with Gasteiger partial charge in [0.2, 0.25) is 5.12 Å². The Hall–Kier alpha value is 0.0100. The van der Waals surface area contributed by atoms with Crippen LogP contribution in [0.2, 0.25) is 0 Å². The molecule has 3 heteroatoms. The standard InChI is InChI=1S/C6H12O2S/c1-3-5-8-6(7,9)4-2/h3,7,9H,1,4-5H2,2H3/t6-/m0/s1. The summed E-state index contributed by atoms with van der Waals surface area (Å²) in [5, 5.41) is 7.76. The van der Waals surface area contributed by atoms with Gasteiger partial charge in [-0.2, -0.15) is 0 Å². The van der Waals surface area contributed by atoms with Crippen molar-refractivity contribution in [2.24, 2.45) is 0 Å². The molecular formula is C6H12O2S. The van der Waals surface area contributed by atoms with E-state index in [-0.39, 0.29) is 0 Å². The topological polar surface area (TPSA) is 29.5 Å². The Morgan fingerprint density at radius 2 is 2.44 bits per heavy atom. The van der Waals surface area contributed by atoms with Crippen molar-refractivity contribution < 1.29 is 9.84 Å². The predicted octanol–water partition coefficient (Wildman–Crippen LogP) is 1.17. The molecule has 0 saturated heterocycles. The number of thiol groups is 1. The summed E-state index contributed by atoms with van der Waals surface area (Å²) >= 11 is 3.81. The van der Waals surface area contributed by atoms with Crippen LogP contribution < -0.4 is 0 Å². The summed E-state index contributed by atoms with van der Waals surface area (Å²) in [6, 6.07) is 0. The van der Waals surface area contributed by atoms with Gasteiger partial charge in [0.25, 0.3) is 0 Å². The molecule has 0 unspecified atom stereocenters. The Labute approximate surface area is 60.9 Å². The molecule has 9 heavy (non-hydrogen) atoms. The third-order valence-electron chi connectivity index (χ3n) is 0.893. The van der Waals surface area contributed by atoms with Gasteiger partial charge in [0.15, 0.2) is 0 Å². The van der Waals surface area contributed by atoms with Crippen LogP contribution >= 0.6 is 12.6 Å². The zero-order valence-electron chi connectivity index (χ0n) is 5.50. The lowest BCUT2D eigenvalue weighted by atomic mass is 10.5. The third kappa shape index (κ3) is 4.51. The fourth-order valence-electron chi connectivity index (χ4n) is 0.294. The minimum Gasteiger partial charge on any atom is -0.357 e. The van der Waals surface area contributed by atoms with Crippen LogP contribution in [0.3, 0.4) is 0 Å². The van der Waals surface area contributed by atoms with E-state index in [0.29, 0.717) is 13.0 Å². The quantitative estimate of drug-likeness (QED) is 0.356. The molecule has 2 nitrogen and oxygen atoms in total. The summed E-state index contributed by atoms with van der Waals surface area (Å²) in [7, 11) is 0. The molecule has 1 atom stereocenters. The SMILES string of the molecule is C=CCO[C@](O)(S)CC. The van der Waals surface area contributed by atoms with Gasteiger partial charge < -0.3 is 9.84 Å². The monoisotopic (exact) mass is 148 g/mol. The van der Waals surface area contributed by atoms with Crippen molar-refractivity contribution in [3.05, 3.63) is 12.7 Å². The summed E-state index contributed by atoms with van der Waals surface area (Å²) in [4.78, 5) is 0. The molecule has 0 saturated carbocycles. The Morgan fingerprint density at radius 1 is 1.89 bits per heavy atom. The van der Waals surface area contributed by atoms with E-state index in [1.54, 1.807) is 13.0 Å². The first kappa shape index (κ1) is 9.01. The molecular weight excluding hydrogens is 136 g/mol. The Morgan fingerprint density at radius 3 is 2.78 bits per heavy atom. The Bertz CT molecular complexity index is 91.1. The first-order valence-corrected chi connectivity index (χ1v) is 3.26. The first-order chi connectivity index (χ1) is 4.12. The largest absolute Gasteiger partial charge is 0.357 e. The lowest BCUT2D eigenvalue weighted by Crippen LogP contribution is -2.23. The predicted molar refractivity (Wildman–Crippen MR) is 40.4 cm³/mol. The van der Waals surface area contributed by atoms with E-state index in [4.69, 9.17) is 9.84 Å². The molecule has 0 amide bonds. The molecule has 54 valence electrons. The van der Waals surface area contributed by atoms with Crippen LogP contribution in [-0.4, -0.2) is 16.8 Å². The van der Waals surface area contributed by atoms with Crippen LogP contribution in [0.1, 0.15) is 13.3 Å². The van der Waals surface area contributed by atoms with Gasteiger partial charge in [-0.15, -0.1) is 19.2 Å². The van der Waals surface area contributed by atoms with Gasteiger partial charge in [0, 0.05) is 6.42 Å². The molecule has 0 fully saturated rings. The van der Waals surface area contributed by atoms with Crippen molar-refractivity contribution >= 4 is 12.6 Å². The van der Waals surface area contributed by atoms with Crippen LogP contribution in [0.4, 0.5) is 0 Å². The molecule has 1 N–H and O–H groups in total. The Kier molecular flexibility index (Phi) is 3.93. The normalized spacial score (nSPS) is 16.8.